The van der Waals surface area contributed by atoms with E-state index < -0.39 is 0 Å². The van der Waals surface area contributed by atoms with Crippen molar-refractivity contribution in [2.75, 3.05) is 0 Å². The van der Waals surface area contributed by atoms with Crippen molar-refractivity contribution in [3.8, 4) is 78.9 Å². The van der Waals surface area contributed by atoms with Crippen molar-refractivity contribution in [3.63, 3.8) is 0 Å². The highest BCUT2D eigenvalue weighted by Crippen LogP contribution is 2.62. The molecule has 82 heavy (non-hydrogen) atoms. The Labute approximate surface area is 469 Å². The van der Waals surface area contributed by atoms with Crippen LogP contribution in [-0.2, 0) is 0 Å². The van der Waals surface area contributed by atoms with E-state index in [2.05, 4.69) is 204 Å². The second-order valence-electron chi connectivity index (χ2n) is 22.0. The van der Waals surface area contributed by atoms with E-state index in [1.165, 1.54) is 76.8 Å². The minimum absolute atomic E-state index is 0.442. The maximum Gasteiger partial charge on any atom is 0.195 e. The average molecular weight is 1030 g/mol. The summed E-state index contributed by atoms with van der Waals surface area (Å²) in [6, 6.07) is 82.3. The van der Waals surface area contributed by atoms with Gasteiger partial charge in [0.2, 0.25) is 0 Å². The summed E-state index contributed by atoms with van der Waals surface area (Å²) in [4.78, 5) is 8.39. The van der Waals surface area contributed by atoms with E-state index in [4.69, 9.17) is 13.1 Å². The Kier molecular flexibility index (Phi) is 8.64. The zero-order valence-corrected chi connectivity index (χ0v) is 43.6. The van der Waals surface area contributed by atoms with Gasteiger partial charge in [-0.25, -0.2) is 9.69 Å². The first-order valence-electron chi connectivity index (χ1n) is 27.5. The zero-order valence-electron chi connectivity index (χ0n) is 43.6. The Balaban J connectivity index is 1.05. The van der Waals surface area contributed by atoms with E-state index >= 15 is 0 Å². The summed E-state index contributed by atoms with van der Waals surface area (Å²) < 4.78 is 0. The van der Waals surface area contributed by atoms with Gasteiger partial charge in [0.1, 0.15) is 0 Å². The predicted octanol–water partition coefficient (Wildman–Crippen LogP) is 21.8. The third-order valence-corrected chi connectivity index (χ3v) is 18.3. The Hall–Kier alpha value is -11.7. The molecule has 0 aromatic heterocycles. The molecule has 17 aromatic rings. The summed E-state index contributed by atoms with van der Waals surface area (Å²) >= 11 is 0. The molecule has 18 rings (SSSR count). The highest BCUT2D eigenvalue weighted by molar-refractivity contribution is 6.49. The monoisotopic (exact) mass is 1030 g/mol. The summed E-state index contributed by atoms with van der Waals surface area (Å²) in [5.74, 6) is 0. The minimum Gasteiger partial charge on any atom is -0.238 e. The van der Waals surface area contributed by atoms with Crippen LogP contribution in [0.25, 0.3) is 195 Å². The fourth-order valence-electron chi connectivity index (χ4n) is 15.3. The van der Waals surface area contributed by atoms with Gasteiger partial charge >= 0.3 is 0 Å². The first-order valence-corrected chi connectivity index (χ1v) is 27.5. The molecule has 0 N–H and O–H groups in total. The lowest BCUT2D eigenvalue weighted by molar-refractivity contribution is 1.49. The molecule has 0 amide bonds. The number of nitriles is 2. The van der Waals surface area contributed by atoms with Crippen molar-refractivity contribution >= 4 is 130 Å². The van der Waals surface area contributed by atoms with E-state index in [0.717, 1.165) is 97.3 Å². The van der Waals surface area contributed by atoms with Crippen LogP contribution in [-0.4, -0.2) is 0 Å². The minimum atomic E-state index is 0.442. The third-order valence-electron chi connectivity index (χ3n) is 18.3. The number of nitrogens with zero attached hydrogens (tertiary/aromatic N) is 4. The third kappa shape index (κ3) is 5.46. The maximum absolute atomic E-state index is 10.6. The molecule has 1 aliphatic carbocycles. The summed E-state index contributed by atoms with van der Waals surface area (Å²) in [7, 11) is 0. The van der Waals surface area contributed by atoms with Crippen LogP contribution < -0.4 is 0 Å². The average Bonchev–Trinajstić information content (AvgIpc) is 1.73. The zero-order chi connectivity index (χ0) is 54.2. The van der Waals surface area contributed by atoms with Gasteiger partial charge < -0.3 is 0 Å². The van der Waals surface area contributed by atoms with Gasteiger partial charge in [0.25, 0.3) is 0 Å². The van der Waals surface area contributed by atoms with Crippen LogP contribution in [0.1, 0.15) is 11.1 Å². The number of benzene rings is 15. The fourth-order valence-corrected chi connectivity index (χ4v) is 15.3. The van der Waals surface area contributed by atoms with Crippen LogP contribution in [0.3, 0.4) is 0 Å². The Bertz CT molecular complexity index is 5820. The molecule has 0 bridgehead atoms. The molecule has 368 valence electrons. The molecule has 0 unspecified atom stereocenters. The number of rotatable bonds is 4. The summed E-state index contributed by atoms with van der Waals surface area (Å²) in [6.07, 6.45) is 0. The molecule has 0 atom stereocenters. The lowest BCUT2D eigenvalue weighted by Gasteiger charge is -2.20. The molecule has 0 fully saturated rings. The topological polar surface area (TPSA) is 56.3 Å². The van der Waals surface area contributed by atoms with E-state index in [0.29, 0.717) is 33.6 Å². The fraction of sp³-hybridized carbons (Fsp3) is 0. The Morgan fingerprint density at radius 2 is 0.646 bits per heavy atom. The smallest absolute Gasteiger partial charge is 0.195 e. The standard InChI is InChI=1S/C78H36N4/c1-81-63-34-24-41(39-79)36-60(63)73-62-38-59-46-19-10-9-18-45(46)47-22-13-23-54(67(47)59)72(62)78(61-37-42(40-80)25-35-64(61)82-2)77-58-33-29-53-51-27-31-56-70-55(30-26-50(68(51)70)52-28-32-57(76(73)77)71(58)69(52)53)74-65(43-14-5-3-6-15-43)48-20-11-12-21-49(48)66(75(56)74)44-16-7-4-8-17-44/h3-38H. The lowest BCUT2D eigenvalue weighted by atomic mass is 9.82. The van der Waals surface area contributed by atoms with Crippen LogP contribution in [0.5, 0.6) is 0 Å². The molecule has 17 aromatic carbocycles. The Morgan fingerprint density at radius 1 is 0.244 bits per heavy atom. The second-order valence-corrected chi connectivity index (χ2v) is 22.0. The second kappa shape index (κ2) is 16.0. The van der Waals surface area contributed by atoms with Gasteiger partial charge in [-0.1, -0.05) is 200 Å². The first kappa shape index (κ1) is 44.3. The highest BCUT2D eigenvalue weighted by Gasteiger charge is 2.34. The van der Waals surface area contributed by atoms with Gasteiger partial charge in [-0.2, -0.15) is 10.5 Å². The maximum atomic E-state index is 10.6. The van der Waals surface area contributed by atoms with E-state index in [1.807, 2.05) is 12.1 Å². The van der Waals surface area contributed by atoms with Gasteiger partial charge in [-0.05, 0) is 203 Å². The Morgan fingerprint density at radius 3 is 1.18 bits per heavy atom. The molecule has 0 saturated carbocycles. The van der Waals surface area contributed by atoms with Crippen LogP contribution in [0, 0.1) is 35.8 Å². The van der Waals surface area contributed by atoms with Crippen LogP contribution in [0.2, 0.25) is 0 Å². The molecule has 0 radical (unpaired) electrons. The normalized spacial score (nSPS) is 12.1. The van der Waals surface area contributed by atoms with Crippen LogP contribution >= 0.6 is 0 Å². The molecule has 4 nitrogen and oxygen atoms in total. The lowest BCUT2D eigenvalue weighted by Crippen LogP contribution is -1.93. The number of hydrogen-bond acceptors (Lipinski definition) is 2. The van der Waals surface area contributed by atoms with Crippen molar-refractivity contribution in [2.45, 2.75) is 0 Å². The van der Waals surface area contributed by atoms with Gasteiger partial charge in [-0.3, -0.25) is 0 Å². The van der Waals surface area contributed by atoms with Gasteiger partial charge in [0, 0.05) is 0 Å². The largest absolute Gasteiger partial charge is 0.238 e. The van der Waals surface area contributed by atoms with Crippen LogP contribution in [0.15, 0.2) is 218 Å². The SMILES string of the molecule is [C-]#[N+]c1ccc(C#N)cc1-c1c2cc3c4ccccc4c4cccc(c2c(-c2cc(C#N)ccc2[N+]#[C-])c2c5ccc6c7ccc8c9c(ccc(c%10ccc(c12)c5c%106)c97)-c1c-8c(-c2ccccc2)c2ccccc2c1-c1ccccc1)c43. The van der Waals surface area contributed by atoms with Crippen molar-refractivity contribution < 1.29 is 0 Å². The molecule has 4 heteroatoms. The van der Waals surface area contributed by atoms with Gasteiger partial charge in [-0.15, -0.1) is 0 Å². The number of fused-ring (bicyclic) bond motifs is 14. The quantitative estimate of drug-likeness (QED) is 0.100. The molecule has 1 aliphatic rings. The molecular weight excluding hydrogens is 993 g/mol. The van der Waals surface area contributed by atoms with Crippen molar-refractivity contribution in [1.29, 1.82) is 10.5 Å². The molecule has 0 saturated heterocycles. The first-order chi connectivity index (χ1) is 40.6. The highest BCUT2D eigenvalue weighted by atomic mass is 14.7. The van der Waals surface area contributed by atoms with Crippen LogP contribution in [0.4, 0.5) is 11.4 Å². The summed E-state index contributed by atoms with van der Waals surface area (Å²) in [6.45, 7) is 17.4. The van der Waals surface area contributed by atoms with Crippen molar-refractivity contribution in [1.82, 2.24) is 0 Å². The van der Waals surface area contributed by atoms with Crippen molar-refractivity contribution in [2.24, 2.45) is 0 Å². The number of hydrogen-bond donors (Lipinski definition) is 0. The molecular formula is C78H36N4. The summed E-state index contributed by atoms with van der Waals surface area (Å²) in [5, 5.41) is 45.4. The summed E-state index contributed by atoms with van der Waals surface area (Å²) in [5.41, 5.74) is 14.7. The molecule has 0 aliphatic heterocycles. The predicted molar refractivity (Wildman–Crippen MR) is 341 cm³/mol. The van der Waals surface area contributed by atoms with E-state index in [9.17, 15) is 10.5 Å². The van der Waals surface area contributed by atoms with Gasteiger partial charge in [0.05, 0.1) is 36.4 Å². The van der Waals surface area contributed by atoms with E-state index in [-0.39, 0.29) is 0 Å². The van der Waals surface area contributed by atoms with Gasteiger partial charge in [0.15, 0.2) is 11.4 Å². The molecule has 0 heterocycles. The molecule has 0 spiro atoms. The van der Waals surface area contributed by atoms with E-state index in [1.54, 1.807) is 24.3 Å². The van der Waals surface area contributed by atoms with Crippen molar-refractivity contribution in [3.05, 3.63) is 252 Å².